The van der Waals surface area contributed by atoms with Crippen LogP contribution in [0.5, 0.6) is 23.1 Å². The summed E-state index contributed by atoms with van der Waals surface area (Å²) in [5.74, 6) is 0.923. The minimum absolute atomic E-state index is 0.159. The molecule has 236 valence electrons. The molecule has 3 aliphatic heterocycles. The van der Waals surface area contributed by atoms with Crippen LogP contribution in [0, 0.1) is 6.92 Å². The van der Waals surface area contributed by atoms with Crippen molar-refractivity contribution in [3.8, 4) is 34.3 Å². The number of likely N-dealkylation sites (tertiary alicyclic amines) is 1. The molecule has 1 fully saturated rings. The van der Waals surface area contributed by atoms with E-state index in [1.54, 1.807) is 41.3 Å². The highest BCUT2D eigenvalue weighted by Crippen LogP contribution is 2.32. The third-order valence-corrected chi connectivity index (χ3v) is 8.07. The molecule has 2 N–H and O–H groups in total. The quantitative estimate of drug-likeness (QED) is 0.354. The molecule has 6 bridgehead atoms. The van der Waals surface area contributed by atoms with Crippen LogP contribution in [0.25, 0.3) is 11.1 Å². The molecule has 4 aromatic rings. The lowest BCUT2D eigenvalue weighted by atomic mass is 9.97. The first-order valence-electron chi connectivity index (χ1n) is 14.9. The maximum atomic E-state index is 13.8. The SMILES string of the molecule is COc1cc(C(=O)N2C[C@@H]3NC(=O)c4ccc(C)c(c4)-c4cccc(c4)OCC(=O)NCc4ccc(c(OC)c4)O[C@H]3C2)ccn1. The number of ether oxygens (including phenoxy) is 4. The van der Waals surface area contributed by atoms with Gasteiger partial charge in [0.15, 0.2) is 18.1 Å². The summed E-state index contributed by atoms with van der Waals surface area (Å²) in [4.78, 5) is 45.7. The molecular weight excluding hydrogens is 588 g/mol. The number of nitrogens with one attached hydrogen (secondary N) is 2. The van der Waals surface area contributed by atoms with E-state index in [2.05, 4.69) is 15.6 Å². The normalized spacial score (nSPS) is 17.9. The zero-order valence-electron chi connectivity index (χ0n) is 25.7. The number of fused-ring (bicyclic) bond motifs is 7. The predicted molar refractivity (Wildman–Crippen MR) is 169 cm³/mol. The summed E-state index contributed by atoms with van der Waals surface area (Å²) < 4.78 is 23.1. The highest BCUT2D eigenvalue weighted by atomic mass is 16.5. The Kier molecular flexibility index (Phi) is 8.73. The minimum atomic E-state index is -0.597. The first-order chi connectivity index (χ1) is 22.3. The molecule has 7 rings (SSSR count). The van der Waals surface area contributed by atoms with E-state index < -0.39 is 12.1 Å². The number of aromatic nitrogens is 1. The lowest BCUT2D eigenvalue weighted by Gasteiger charge is -2.23. The van der Waals surface area contributed by atoms with Crippen LogP contribution >= 0.6 is 0 Å². The van der Waals surface area contributed by atoms with Gasteiger partial charge in [-0.05, 0) is 71.6 Å². The molecule has 3 aromatic carbocycles. The highest BCUT2D eigenvalue weighted by Gasteiger charge is 2.39. The van der Waals surface area contributed by atoms with E-state index in [1.165, 1.54) is 20.4 Å². The number of pyridine rings is 1. The van der Waals surface area contributed by atoms with E-state index in [9.17, 15) is 14.4 Å². The fourth-order valence-corrected chi connectivity index (χ4v) is 5.60. The molecular formula is C35H34N4O7. The first-order valence-corrected chi connectivity index (χ1v) is 14.9. The lowest BCUT2D eigenvalue weighted by Crippen LogP contribution is -2.45. The third-order valence-electron chi connectivity index (χ3n) is 8.07. The van der Waals surface area contributed by atoms with Gasteiger partial charge in [0.05, 0.1) is 26.8 Å². The van der Waals surface area contributed by atoms with Crippen molar-refractivity contribution >= 4 is 17.7 Å². The summed E-state index contributed by atoms with van der Waals surface area (Å²) in [5, 5.41) is 5.99. The van der Waals surface area contributed by atoms with Gasteiger partial charge >= 0.3 is 0 Å². The van der Waals surface area contributed by atoms with E-state index >= 15 is 0 Å². The molecule has 0 aliphatic carbocycles. The Hall–Kier alpha value is -5.58. The van der Waals surface area contributed by atoms with Crippen LogP contribution in [0.4, 0.5) is 0 Å². The molecule has 0 unspecified atom stereocenters. The van der Waals surface area contributed by atoms with Gasteiger partial charge < -0.3 is 34.5 Å². The zero-order chi connectivity index (χ0) is 32.2. The molecule has 11 nitrogen and oxygen atoms in total. The molecule has 0 saturated carbocycles. The smallest absolute Gasteiger partial charge is 0.258 e. The highest BCUT2D eigenvalue weighted by molar-refractivity contribution is 5.97. The first kappa shape index (κ1) is 30.4. The molecule has 3 amide bonds. The van der Waals surface area contributed by atoms with E-state index in [4.69, 9.17) is 18.9 Å². The molecule has 1 saturated heterocycles. The monoisotopic (exact) mass is 622 g/mol. The van der Waals surface area contributed by atoms with Gasteiger partial charge in [-0.3, -0.25) is 14.4 Å². The number of nitrogens with zero attached hydrogens (tertiary/aromatic N) is 2. The third kappa shape index (κ3) is 6.58. The van der Waals surface area contributed by atoms with Gasteiger partial charge in [-0.15, -0.1) is 0 Å². The topological polar surface area (TPSA) is 128 Å². The van der Waals surface area contributed by atoms with Gasteiger partial charge in [-0.2, -0.15) is 0 Å². The Morgan fingerprint density at radius 3 is 2.65 bits per heavy atom. The van der Waals surface area contributed by atoms with Crippen molar-refractivity contribution in [2.24, 2.45) is 0 Å². The summed E-state index contributed by atoms with van der Waals surface area (Å²) >= 11 is 0. The molecule has 3 aliphatic rings. The van der Waals surface area contributed by atoms with Crippen LogP contribution in [0.3, 0.4) is 0 Å². The van der Waals surface area contributed by atoms with Crippen molar-refractivity contribution in [1.82, 2.24) is 20.5 Å². The van der Waals surface area contributed by atoms with Gasteiger partial charge in [0.1, 0.15) is 11.9 Å². The second-order valence-corrected chi connectivity index (χ2v) is 11.1. The number of rotatable bonds is 3. The van der Waals surface area contributed by atoms with Crippen molar-refractivity contribution in [2.75, 3.05) is 33.9 Å². The number of hydrogen-bond acceptors (Lipinski definition) is 8. The fourth-order valence-electron chi connectivity index (χ4n) is 5.60. The molecule has 11 heteroatoms. The van der Waals surface area contributed by atoms with E-state index in [1.807, 2.05) is 43.3 Å². The maximum Gasteiger partial charge on any atom is 0.258 e. The zero-order valence-corrected chi connectivity index (χ0v) is 25.7. The van der Waals surface area contributed by atoms with Gasteiger partial charge in [0, 0.05) is 36.5 Å². The summed E-state index contributed by atoms with van der Waals surface area (Å²) in [5.41, 5.74) is 4.32. The average molecular weight is 623 g/mol. The van der Waals surface area contributed by atoms with Gasteiger partial charge in [0.25, 0.3) is 17.7 Å². The van der Waals surface area contributed by atoms with Crippen LogP contribution in [0.15, 0.2) is 79.0 Å². The molecule has 46 heavy (non-hydrogen) atoms. The summed E-state index contributed by atoms with van der Waals surface area (Å²) in [7, 11) is 3.02. The minimum Gasteiger partial charge on any atom is -0.493 e. The number of amides is 3. The van der Waals surface area contributed by atoms with Crippen molar-refractivity contribution in [2.45, 2.75) is 25.6 Å². The lowest BCUT2D eigenvalue weighted by molar-refractivity contribution is -0.123. The number of carbonyl (C=O) groups is 3. The van der Waals surface area contributed by atoms with Crippen LogP contribution in [0.2, 0.25) is 0 Å². The Labute approximate surface area is 266 Å². The van der Waals surface area contributed by atoms with Crippen LogP contribution in [-0.4, -0.2) is 73.7 Å². The van der Waals surface area contributed by atoms with Crippen molar-refractivity contribution in [1.29, 1.82) is 0 Å². The summed E-state index contributed by atoms with van der Waals surface area (Å²) in [6, 6.07) is 20.9. The van der Waals surface area contributed by atoms with Crippen molar-refractivity contribution in [3.63, 3.8) is 0 Å². The standard InChI is InChI=1S/C35H34N4O7/c1-21-7-9-24-15-27(21)23-5-4-6-26(14-23)45-20-32(40)37-17-22-8-10-29(30(13-22)43-2)46-31-19-39(18-28(31)38-34(24)41)35(42)25-11-12-36-33(16-25)44-3/h4-16,28,31H,17-20H2,1-3H3,(H,37,40)(H,38,41)/t28-,31-/m0/s1. The van der Waals surface area contributed by atoms with E-state index in [-0.39, 0.29) is 44.0 Å². The Balaban J connectivity index is 1.36. The van der Waals surface area contributed by atoms with Gasteiger partial charge in [-0.25, -0.2) is 4.98 Å². The predicted octanol–water partition coefficient (Wildman–Crippen LogP) is 3.78. The summed E-state index contributed by atoms with van der Waals surface area (Å²) in [6.07, 6.45) is 0.919. The Bertz CT molecular complexity index is 1790. The molecule has 1 aromatic heterocycles. The number of benzene rings is 3. The van der Waals surface area contributed by atoms with Crippen LogP contribution in [-0.2, 0) is 11.3 Å². The van der Waals surface area contributed by atoms with Crippen LogP contribution in [0.1, 0.15) is 31.8 Å². The largest absolute Gasteiger partial charge is 0.493 e. The van der Waals surface area contributed by atoms with E-state index in [0.717, 1.165) is 22.3 Å². The molecule has 0 spiro atoms. The Morgan fingerprint density at radius 2 is 1.83 bits per heavy atom. The second kappa shape index (κ2) is 13.2. The van der Waals surface area contributed by atoms with Crippen molar-refractivity contribution in [3.05, 3.63) is 101 Å². The maximum absolute atomic E-state index is 13.8. The Morgan fingerprint density at radius 1 is 0.957 bits per heavy atom. The molecule has 2 atom stereocenters. The second-order valence-electron chi connectivity index (χ2n) is 11.1. The van der Waals surface area contributed by atoms with E-state index in [0.29, 0.717) is 34.3 Å². The number of methoxy groups -OCH3 is 2. The summed E-state index contributed by atoms with van der Waals surface area (Å²) in [6.45, 7) is 2.48. The van der Waals surface area contributed by atoms with Gasteiger partial charge in [-0.1, -0.05) is 24.3 Å². The van der Waals surface area contributed by atoms with Gasteiger partial charge in [0.2, 0.25) is 5.88 Å². The molecule has 4 heterocycles. The van der Waals surface area contributed by atoms with Crippen molar-refractivity contribution < 1.29 is 33.3 Å². The number of hydrogen-bond donors (Lipinski definition) is 2. The fraction of sp³-hybridized carbons (Fsp3) is 0.257. The number of aryl methyl sites for hydroxylation is 1. The number of carbonyl (C=O) groups excluding carboxylic acids is 3. The van der Waals surface area contributed by atoms with Crippen LogP contribution < -0.4 is 29.6 Å². The average Bonchev–Trinajstić information content (AvgIpc) is 3.47. The molecule has 0 radical (unpaired) electrons.